The first-order valence-electron chi connectivity index (χ1n) is 9.38. The van der Waals surface area contributed by atoms with Crippen molar-refractivity contribution in [3.8, 4) is 11.5 Å². The molecular weight excluding hydrogens is 392 g/mol. The lowest BCUT2D eigenvalue weighted by atomic mass is 10.1. The Hall–Kier alpha value is -3.53. The minimum Gasteiger partial charge on any atom is -0.502 e. The Bertz CT molecular complexity index is 975. The van der Waals surface area contributed by atoms with E-state index in [1.165, 1.54) is 22.9 Å². The molecule has 0 bridgehead atoms. The minimum absolute atomic E-state index is 0.162. The molecular formula is C20H24N4O6. The van der Waals surface area contributed by atoms with Gasteiger partial charge in [0.15, 0.2) is 11.4 Å². The number of rotatable bonds is 8. The monoisotopic (exact) mass is 416 g/mol. The molecule has 10 nitrogen and oxygen atoms in total. The van der Waals surface area contributed by atoms with Crippen molar-refractivity contribution in [3.63, 3.8) is 0 Å². The molecule has 0 radical (unpaired) electrons. The fourth-order valence-corrected chi connectivity index (χ4v) is 3.07. The predicted molar refractivity (Wildman–Crippen MR) is 109 cm³/mol. The molecule has 0 saturated carbocycles. The van der Waals surface area contributed by atoms with E-state index in [-0.39, 0.29) is 31.1 Å². The Morgan fingerprint density at radius 3 is 2.63 bits per heavy atom. The van der Waals surface area contributed by atoms with Gasteiger partial charge in [0, 0.05) is 26.9 Å². The third kappa shape index (κ3) is 4.38. The number of amides is 2. The van der Waals surface area contributed by atoms with Crippen LogP contribution < -0.4 is 20.5 Å². The molecule has 10 heteroatoms. The normalized spacial score (nSPS) is 13.2. The zero-order valence-electron chi connectivity index (χ0n) is 16.8. The highest BCUT2D eigenvalue weighted by molar-refractivity contribution is 5.99. The van der Waals surface area contributed by atoms with Gasteiger partial charge in [-0.2, -0.15) is 0 Å². The molecule has 3 rings (SSSR count). The fraction of sp³-hybridized carbons (Fsp3) is 0.350. The number of carbonyl (C=O) groups excluding carboxylic acids is 2. The first-order chi connectivity index (χ1) is 14.4. The molecule has 2 amide bonds. The second kappa shape index (κ2) is 9.31. The summed E-state index contributed by atoms with van der Waals surface area (Å²) in [5.41, 5.74) is -1.35. The summed E-state index contributed by atoms with van der Waals surface area (Å²) in [4.78, 5) is 39.1. The number of aromatic nitrogens is 1. The highest BCUT2D eigenvalue weighted by Gasteiger charge is 2.32. The van der Waals surface area contributed by atoms with Gasteiger partial charge in [-0.3, -0.25) is 24.1 Å². The van der Waals surface area contributed by atoms with Crippen molar-refractivity contribution in [1.82, 2.24) is 14.9 Å². The van der Waals surface area contributed by atoms with Crippen LogP contribution in [0.4, 0.5) is 0 Å². The van der Waals surface area contributed by atoms with E-state index in [1.54, 1.807) is 24.2 Å². The number of aromatic hydroxyl groups is 1. The van der Waals surface area contributed by atoms with E-state index in [0.717, 1.165) is 0 Å². The fourth-order valence-electron chi connectivity index (χ4n) is 3.07. The minimum atomic E-state index is -0.905. The quantitative estimate of drug-likeness (QED) is 0.582. The second-order valence-corrected chi connectivity index (χ2v) is 6.69. The van der Waals surface area contributed by atoms with Crippen molar-refractivity contribution < 1.29 is 24.2 Å². The molecule has 0 aliphatic carbocycles. The summed E-state index contributed by atoms with van der Waals surface area (Å²) in [5, 5.41) is 14.6. The summed E-state index contributed by atoms with van der Waals surface area (Å²) in [5.74, 6) is -1.27. The molecule has 0 unspecified atom stereocenters. The van der Waals surface area contributed by atoms with Crippen LogP contribution in [0.25, 0.3) is 0 Å². The number of methoxy groups -OCH3 is 1. The topological polar surface area (TPSA) is 113 Å². The summed E-state index contributed by atoms with van der Waals surface area (Å²) in [6.45, 7) is 1.20. The molecule has 160 valence electrons. The Morgan fingerprint density at radius 1 is 1.20 bits per heavy atom. The van der Waals surface area contributed by atoms with Gasteiger partial charge in [-0.1, -0.05) is 18.2 Å². The van der Waals surface area contributed by atoms with Crippen molar-refractivity contribution in [2.75, 3.05) is 52.1 Å². The zero-order chi connectivity index (χ0) is 21.7. The van der Waals surface area contributed by atoms with E-state index in [1.807, 2.05) is 18.2 Å². The van der Waals surface area contributed by atoms with E-state index < -0.39 is 23.0 Å². The maximum atomic E-state index is 12.7. The highest BCUT2D eigenvalue weighted by atomic mass is 16.5. The maximum absolute atomic E-state index is 12.7. The number of hydrogen-bond acceptors (Lipinski definition) is 7. The summed E-state index contributed by atoms with van der Waals surface area (Å²) in [6.07, 6.45) is 1.26. The van der Waals surface area contributed by atoms with Gasteiger partial charge in [-0.05, 0) is 12.1 Å². The van der Waals surface area contributed by atoms with Crippen molar-refractivity contribution in [2.24, 2.45) is 0 Å². The lowest BCUT2D eigenvalue weighted by Crippen LogP contribution is -2.53. The largest absolute Gasteiger partial charge is 0.502 e. The van der Waals surface area contributed by atoms with Crippen LogP contribution in [0.3, 0.4) is 0 Å². The first-order valence-corrected chi connectivity index (χ1v) is 9.38. The van der Waals surface area contributed by atoms with Crippen LogP contribution in [-0.2, 0) is 4.74 Å². The molecule has 0 spiro atoms. The van der Waals surface area contributed by atoms with Gasteiger partial charge in [0.2, 0.25) is 5.43 Å². The summed E-state index contributed by atoms with van der Waals surface area (Å²) in [6, 6.07) is 9.11. The van der Waals surface area contributed by atoms with Crippen LogP contribution in [0, 0.1) is 0 Å². The van der Waals surface area contributed by atoms with E-state index in [2.05, 4.69) is 5.32 Å². The number of benzene rings is 1. The number of pyridine rings is 1. The predicted octanol–water partition coefficient (Wildman–Crippen LogP) is -0.00980. The number of para-hydroxylation sites is 1. The van der Waals surface area contributed by atoms with Crippen LogP contribution in [0.1, 0.15) is 20.8 Å². The molecule has 2 heterocycles. The number of ether oxygens (including phenoxy) is 2. The first kappa shape index (κ1) is 21.2. The Labute approximate surface area is 173 Å². The molecule has 1 aromatic carbocycles. The number of fused-ring (bicyclic) bond motifs is 1. The van der Waals surface area contributed by atoms with Crippen LogP contribution in [0.2, 0.25) is 0 Å². The lowest BCUT2D eigenvalue weighted by molar-refractivity contribution is 0.0629. The molecule has 0 fully saturated rings. The third-order valence-electron chi connectivity index (χ3n) is 4.61. The van der Waals surface area contributed by atoms with E-state index in [0.29, 0.717) is 18.9 Å². The summed E-state index contributed by atoms with van der Waals surface area (Å²) in [7, 11) is 3.19. The number of hydrogen-bond donors (Lipinski definition) is 2. The molecule has 2 N–H and O–H groups in total. The number of carbonyl (C=O) groups is 2. The van der Waals surface area contributed by atoms with Crippen molar-refractivity contribution in [1.29, 1.82) is 0 Å². The zero-order valence-corrected chi connectivity index (χ0v) is 16.8. The van der Waals surface area contributed by atoms with Gasteiger partial charge in [0.25, 0.3) is 11.8 Å². The van der Waals surface area contributed by atoms with E-state index in [4.69, 9.17) is 9.47 Å². The van der Waals surface area contributed by atoms with Crippen LogP contribution >= 0.6 is 0 Å². The Morgan fingerprint density at radius 2 is 1.93 bits per heavy atom. The molecule has 1 aromatic heterocycles. The number of nitrogens with one attached hydrogen (secondary N) is 1. The van der Waals surface area contributed by atoms with Crippen LogP contribution in [-0.4, -0.2) is 73.6 Å². The van der Waals surface area contributed by atoms with Gasteiger partial charge in [-0.25, -0.2) is 0 Å². The molecule has 1 aliphatic heterocycles. The molecule has 0 saturated heterocycles. The Balaban J connectivity index is 1.73. The smallest absolute Gasteiger partial charge is 0.277 e. The molecule has 2 aromatic rings. The van der Waals surface area contributed by atoms with Crippen LogP contribution in [0.5, 0.6) is 11.5 Å². The van der Waals surface area contributed by atoms with Crippen molar-refractivity contribution >= 4 is 11.8 Å². The second-order valence-electron chi connectivity index (χ2n) is 6.69. The third-order valence-corrected chi connectivity index (χ3v) is 4.61. The van der Waals surface area contributed by atoms with Gasteiger partial charge in [0.05, 0.1) is 13.2 Å². The van der Waals surface area contributed by atoms with Gasteiger partial charge in [0.1, 0.15) is 24.6 Å². The average Bonchev–Trinajstić information content (AvgIpc) is 2.75. The summed E-state index contributed by atoms with van der Waals surface area (Å²) < 4.78 is 11.8. The van der Waals surface area contributed by atoms with Crippen LogP contribution in [0.15, 0.2) is 41.3 Å². The molecule has 1 aliphatic rings. The van der Waals surface area contributed by atoms with Gasteiger partial charge >= 0.3 is 0 Å². The lowest BCUT2D eigenvalue weighted by Gasteiger charge is -2.37. The van der Waals surface area contributed by atoms with Gasteiger partial charge in [-0.15, -0.1) is 0 Å². The molecule has 0 atom stereocenters. The Kier molecular flexibility index (Phi) is 6.58. The number of nitrogens with zero attached hydrogens (tertiary/aromatic N) is 3. The van der Waals surface area contributed by atoms with Crippen molar-refractivity contribution in [3.05, 3.63) is 58.0 Å². The SMILES string of the molecule is COCCN1CN(C)n2cc(C(=O)NCCOc3ccccc3)c(=O)c(O)c2C1=O. The average molecular weight is 416 g/mol. The van der Waals surface area contributed by atoms with E-state index in [9.17, 15) is 19.5 Å². The van der Waals surface area contributed by atoms with Crippen molar-refractivity contribution in [2.45, 2.75) is 0 Å². The standard InChI is InChI=1S/C20H24N4O6/c1-22-13-23(9-11-29-2)20(28)16-18(26)17(25)15(12-24(16)22)19(27)21-8-10-30-14-6-4-3-5-7-14/h3-7,12,26H,8-11,13H2,1-2H3,(H,21,27). The maximum Gasteiger partial charge on any atom is 0.277 e. The van der Waals surface area contributed by atoms with Gasteiger partial charge < -0.3 is 24.8 Å². The van der Waals surface area contributed by atoms with E-state index >= 15 is 0 Å². The molecule has 30 heavy (non-hydrogen) atoms. The summed E-state index contributed by atoms with van der Waals surface area (Å²) >= 11 is 0. The highest BCUT2D eigenvalue weighted by Crippen LogP contribution is 2.20.